The Morgan fingerprint density at radius 3 is 2.52 bits per heavy atom. The van der Waals surface area contributed by atoms with Crippen molar-refractivity contribution in [3.63, 3.8) is 0 Å². The molecule has 27 heavy (non-hydrogen) atoms. The fourth-order valence-corrected chi connectivity index (χ4v) is 4.65. The van der Waals surface area contributed by atoms with Crippen LogP contribution in [0.3, 0.4) is 0 Å². The number of aromatic nitrogens is 2. The molecule has 1 saturated heterocycles. The molecule has 0 spiro atoms. The van der Waals surface area contributed by atoms with Crippen molar-refractivity contribution in [2.24, 2.45) is 18.9 Å². The topological polar surface area (TPSA) is 58.4 Å². The summed E-state index contributed by atoms with van der Waals surface area (Å²) >= 11 is 0. The van der Waals surface area contributed by atoms with Gasteiger partial charge in [-0.15, -0.1) is 0 Å². The minimum Gasteiger partial charge on any atom is -0.342 e. The Balaban J connectivity index is 1.49. The van der Waals surface area contributed by atoms with Crippen molar-refractivity contribution >= 4 is 11.8 Å². The van der Waals surface area contributed by atoms with Gasteiger partial charge in [0.1, 0.15) is 0 Å². The lowest BCUT2D eigenvalue weighted by atomic mass is 10.0. The van der Waals surface area contributed by atoms with Crippen molar-refractivity contribution < 1.29 is 9.59 Å². The van der Waals surface area contributed by atoms with Gasteiger partial charge in [-0.25, -0.2) is 0 Å². The average Bonchev–Trinajstić information content (AvgIpc) is 3.37. The summed E-state index contributed by atoms with van der Waals surface area (Å²) < 4.78 is 1.86. The SMILES string of the molecule is Cc1nn(C)c(C)c1CN(C)C(=O)[C@@H]1CCN(C(=O)CCC2CCCC2)C1. The van der Waals surface area contributed by atoms with E-state index in [-0.39, 0.29) is 17.7 Å². The summed E-state index contributed by atoms with van der Waals surface area (Å²) in [5.41, 5.74) is 3.20. The lowest BCUT2D eigenvalue weighted by molar-refractivity contribution is -0.135. The van der Waals surface area contributed by atoms with Crippen LogP contribution in [0.25, 0.3) is 0 Å². The Labute approximate surface area is 162 Å². The summed E-state index contributed by atoms with van der Waals surface area (Å²) in [6.45, 7) is 5.90. The molecule has 150 valence electrons. The van der Waals surface area contributed by atoms with E-state index in [9.17, 15) is 9.59 Å². The van der Waals surface area contributed by atoms with Crippen molar-refractivity contribution in [1.29, 1.82) is 0 Å². The number of carbonyl (C=O) groups excluding carboxylic acids is 2. The molecule has 2 aliphatic rings. The van der Waals surface area contributed by atoms with Crippen LogP contribution < -0.4 is 0 Å². The zero-order valence-corrected chi connectivity index (χ0v) is 17.3. The second kappa shape index (κ2) is 8.44. The molecule has 1 aliphatic carbocycles. The van der Waals surface area contributed by atoms with Crippen LogP contribution in [-0.2, 0) is 23.2 Å². The quantitative estimate of drug-likeness (QED) is 0.769. The highest BCUT2D eigenvalue weighted by molar-refractivity contribution is 5.82. The predicted molar refractivity (Wildman–Crippen MR) is 105 cm³/mol. The first-order valence-electron chi connectivity index (χ1n) is 10.4. The lowest BCUT2D eigenvalue weighted by Gasteiger charge is -2.22. The molecule has 2 fully saturated rings. The number of carbonyl (C=O) groups is 2. The highest BCUT2D eigenvalue weighted by Gasteiger charge is 2.33. The molecule has 0 unspecified atom stereocenters. The van der Waals surface area contributed by atoms with E-state index >= 15 is 0 Å². The van der Waals surface area contributed by atoms with Gasteiger partial charge in [-0.3, -0.25) is 14.3 Å². The van der Waals surface area contributed by atoms with E-state index in [0.29, 0.717) is 19.5 Å². The van der Waals surface area contributed by atoms with E-state index in [1.54, 1.807) is 4.90 Å². The minimum atomic E-state index is -0.0669. The van der Waals surface area contributed by atoms with E-state index in [4.69, 9.17) is 0 Å². The number of aryl methyl sites for hydroxylation is 2. The highest BCUT2D eigenvalue weighted by Crippen LogP contribution is 2.29. The van der Waals surface area contributed by atoms with Crippen LogP contribution in [-0.4, -0.2) is 51.5 Å². The molecule has 0 bridgehead atoms. The third-order valence-electron chi connectivity index (χ3n) is 6.56. The first-order chi connectivity index (χ1) is 12.9. The van der Waals surface area contributed by atoms with E-state index in [1.165, 1.54) is 25.7 Å². The molecule has 6 nitrogen and oxygen atoms in total. The predicted octanol–water partition coefficient (Wildman–Crippen LogP) is 2.81. The van der Waals surface area contributed by atoms with Crippen LogP contribution in [0.4, 0.5) is 0 Å². The van der Waals surface area contributed by atoms with E-state index in [2.05, 4.69) is 5.10 Å². The molecule has 1 aromatic rings. The van der Waals surface area contributed by atoms with Crippen molar-refractivity contribution in [2.75, 3.05) is 20.1 Å². The van der Waals surface area contributed by atoms with Crippen LogP contribution in [0.15, 0.2) is 0 Å². The van der Waals surface area contributed by atoms with E-state index in [1.807, 2.05) is 37.5 Å². The molecule has 1 aliphatic heterocycles. The monoisotopic (exact) mass is 374 g/mol. The number of hydrogen-bond donors (Lipinski definition) is 0. The molecule has 1 aromatic heterocycles. The minimum absolute atomic E-state index is 0.0669. The zero-order chi connectivity index (χ0) is 19.6. The van der Waals surface area contributed by atoms with Gasteiger partial charge in [-0.05, 0) is 32.6 Å². The molecule has 1 atom stereocenters. The Bertz CT molecular complexity index is 691. The van der Waals surface area contributed by atoms with Crippen LogP contribution in [0, 0.1) is 25.7 Å². The Morgan fingerprint density at radius 2 is 1.89 bits per heavy atom. The number of nitrogens with zero attached hydrogens (tertiary/aromatic N) is 4. The molecule has 3 rings (SSSR count). The smallest absolute Gasteiger partial charge is 0.227 e. The highest BCUT2D eigenvalue weighted by atomic mass is 16.2. The molecular weight excluding hydrogens is 340 g/mol. The third kappa shape index (κ3) is 4.53. The molecular formula is C21H34N4O2. The summed E-state index contributed by atoms with van der Waals surface area (Å²) in [6.07, 6.45) is 7.66. The van der Waals surface area contributed by atoms with Crippen molar-refractivity contribution in [1.82, 2.24) is 19.6 Å². The van der Waals surface area contributed by atoms with Crippen molar-refractivity contribution in [2.45, 2.75) is 65.3 Å². The molecule has 2 amide bonds. The summed E-state index contributed by atoms with van der Waals surface area (Å²) in [5, 5.41) is 4.43. The lowest BCUT2D eigenvalue weighted by Crippen LogP contribution is -2.35. The van der Waals surface area contributed by atoms with Gasteiger partial charge < -0.3 is 9.80 Å². The van der Waals surface area contributed by atoms with Crippen LogP contribution in [0.2, 0.25) is 0 Å². The molecule has 6 heteroatoms. The van der Waals surface area contributed by atoms with Gasteiger partial charge in [0, 0.05) is 51.4 Å². The summed E-state index contributed by atoms with van der Waals surface area (Å²) in [5.74, 6) is 1.05. The first-order valence-corrected chi connectivity index (χ1v) is 10.4. The largest absolute Gasteiger partial charge is 0.342 e. The Kier molecular flexibility index (Phi) is 6.22. The number of likely N-dealkylation sites (tertiary alicyclic amines) is 1. The second-order valence-corrected chi connectivity index (χ2v) is 8.48. The third-order valence-corrected chi connectivity index (χ3v) is 6.56. The van der Waals surface area contributed by atoms with Crippen molar-refractivity contribution in [3.05, 3.63) is 17.0 Å². The van der Waals surface area contributed by atoms with Crippen LogP contribution in [0.5, 0.6) is 0 Å². The van der Waals surface area contributed by atoms with Gasteiger partial charge in [0.2, 0.25) is 11.8 Å². The maximum atomic E-state index is 12.9. The Hall–Kier alpha value is -1.85. The maximum Gasteiger partial charge on any atom is 0.227 e. The van der Waals surface area contributed by atoms with Crippen LogP contribution >= 0.6 is 0 Å². The van der Waals surface area contributed by atoms with Gasteiger partial charge in [-0.1, -0.05) is 25.7 Å². The van der Waals surface area contributed by atoms with Crippen LogP contribution in [0.1, 0.15) is 61.9 Å². The maximum absolute atomic E-state index is 12.9. The molecule has 0 N–H and O–H groups in total. The molecule has 2 heterocycles. The van der Waals surface area contributed by atoms with Gasteiger partial charge in [0.05, 0.1) is 11.6 Å². The standard InChI is InChI=1S/C21H34N4O2/c1-15-19(16(2)24(4)22-15)14-23(3)21(27)18-11-12-25(13-18)20(26)10-9-17-7-5-6-8-17/h17-18H,5-14H2,1-4H3/t18-/m1/s1. The fourth-order valence-electron chi connectivity index (χ4n) is 4.65. The summed E-state index contributed by atoms with van der Waals surface area (Å²) in [6, 6.07) is 0. The van der Waals surface area contributed by atoms with Gasteiger partial charge in [-0.2, -0.15) is 5.10 Å². The average molecular weight is 375 g/mol. The Morgan fingerprint density at radius 1 is 1.19 bits per heavy atom. The molecule has 1 saturated carbocycles. The van der Waals surface area contributed by atoms with Gasteiger partial charge >= 0.3 is 0 Å². The number of rotatable bonds is 6. The van der Waals surface area contributed by atoms with E-state index < -0.39 is 0 Å². The second-order valence-electron chi connectivity index (χ2n) is 8.48. The number of hydrogen-bond acceptors (Lipinski definition) is 3. The summed E-state index contributed by atoms with van der Waals surface area (Å²) in [4.78, 5) is 29.1. The molecule has 0 radical (unpaired) electrons. The zero-order valence-electron chi connectivity index (χ0n) is 17.3. The molecule has 0 aromatic carbocycles. The summed E-state index contributed by atoms with van der Waals surface area (Å²) in [7, 11) is 3.79. The first kappa shape index (κ1) is 19.9. The number of amides is 2. The van der Waals surface area contributed by atoms with Crippen molar-refractivity contribution in [3.8, 4) is 0 Å². The van der Waals surface area contributed by atoms with Gasteiger partial charge in [0.25, 0.3) is 0 Å². The van der Waals surface area contributed by atoms with E-state index in [0.717, 1.165) is 42.3 Å². The van der Waals surface area contributed by atoms with Gasteiger partial charge in [0.15, 0.2) is 0 Å². The fraction of sp³-hybridized carbons (Fsp3) is 0.762. The normalized spacial score (nSPS) is 20.4.